The van der Waals surface area contributed by atoms with Crippen LogP contribution < -0.4 is 0 Å². The van der Waals surface area contributed by atoms with E-state index in [0.717, 1.165) is 38.4 Å². The highest BCUT2D eigenvalue weighted by Crippen LogP contribution is 2.23. The number of hydrogen-bond acceptors (Lipinski definition) is 2. The van der Waals surface area contributed by atoms with E-state index in [1.54, 1.807) is 0 Å². The molecular weight excluding hydrogens is 402 g/mol. The summed E-state index contributed by atoms with van der Waals surface area (Å²) < 4.78 is 2.43. The Balaban J connectivity index is 1.65. The molecule has 4 rings (SSSR count). The van der Waals surface area contributed by atoms with Crippen LogP contribution in [0, 0.1) is 13.8 Å². The topological polar surface area (TPSA) is 21.1 Å². The number of hydrogen-bond donors (Lipinski definition) is 0. The second-order valence-corrected chi connectivity index (χ2v) is 9.01. The number of aromatic nitrogens is 2. The molecule has 0 spiro atoms. The molecule has 0 N–H and O–H groups in total. The minimum absolute atomic E-state index is 0.867. The standard InChI is InChI=1S/C30H35N3/c1-4-5-18-33-29(20-31-30(33)27-14-10-7-11-15-27)23-32(21-26-12-8-6-9-13-26)22-28-17-16-24(2)19-25(28)3/h6-17,19-20H,4-5,18,21-23H2,1-3H3. The highest BCUT2D eigenvalue weighted by Gasteiger charge is 2.16. The average molecular weight is 438 g/mol. The van der Waals surface area contributed by atoms with Crippen LogP contribution in [0.2, 0.25) is 0 Å². The smallest absolute Gasteiger partial charge is 0.140 e. The van der Waals surface area contributed by atoms with Crippen molar-refractivity contribution in [3.8, 4) is 11.4 Å². The summed E-state index contributed by atoms with van der Waals surface area (Å²) in [5.41, 5.74) is 7.87. The summed E-state index contributed by atoms with van der Waals surface area (Å²) in [6.07, 6.45) is 4.40. The Morgan fingerprint density at radius 3 is 2.24 bits per heavy atom. The van der Waals surface area contributed by atoms with Crippen LogP contribution in [-0.2, 0) is 26.2 Å². The van der Waals surface area contributed by atoms with E-state index >= 15 is 0 Å². The van der Waals surface area contributed by atoms with E-state index in [1.165, 1.54) is 39.9 Å². The van der Waals surface area contributed by atoms with E-state index in [-0.39, 0.29) is 0 Å². The van der Waals surface area contributed by atoms with Gasteiger partial charge < -0.3 is 4.57 Å². The largest absolute Gasteiger partial charge is 0.327 e. The van der Waals surface area contributed by atoms with Gasteiger partial charge in [0.2, 0.25) is 0 Å². The number of imidazole rings is 1. The third-order valence-electron chi connectivity index (χ3n) is 6.23. The van der Waals surface area contributed by atoms with Crippen LogP contribution in [0.3, 0.4) is 0 Å². The van der Waals surface area contributed by atoms with Gasteiger partial charge in [0.05, 0.1) is 11.9 Å². The minimum atomic E-state index is 0.867. The zero-order valence-electron chi connectivity index (χ0n) is 20.2. The zero-order valence-corrected chi connectivity index (χ0v) is 20.2. The van der Waals surface area contributed by atoms with Crippen molar-refractivity contribution < 1.29 is 0 Å². The molecule has 4 aromatic rings. The molecule has 3 aromatic carbocycles. The van der Waals surface area contributed by atoms with Gasteiger partial charge in [-0.3, -0.25) is 4.90 Å². The Bertz CT molecular complexity index is 1150. The van der Waals surface area contributed by atoms with Crippen molar-refractivity contribution in [3.05, 3.63) is 113 Å². The van der Waals surface area contributed by atoms with Gasteiger partial charge in [-0.05, 0) is 37.0 Å². The van der Waals surface area contributed by atoms with E-state index in [4.69, 9.17) is 4.98 Å². The van der Waals surface area contributed by atoms with Gasteiger partial charge in [-0.2, -0.15) is 0 Å². The summed E-state index contributed by atoms with van der Waals surface area (Å²) in [4.78, 5) is 7.41. The fraction of sp³-hybridized carbons (Fsp3) is 0.300. The van der Waals surface area contributed by atoms with Gasteiger partial charge in [0, 0.05) is 31.7 Å². The highest BCUT2D eigenvalue weighted by molar-refractivity contribution is 5.55. The normalized spacial score (nSPS) is 11.3. The molecule has 0 aliphatic carbocycles. The molecule has 0 unspecified atom stereocenters. The van der Waals surface area contributed by atoms with Crippen LogP contribution >= 0.6 is 0 Å². The first-order chi connectivity index (χ1) is 16.1. The van der Waals surface area contributed by atoms with Crippen LogP contribution in [-0.4, -0.2) is 14.5 Å². The fourth-order valence-corrected chi connectivity index (χ4v) is 4.42. The Labute approximate surface area is 198 Å². The van der Waals surface area contributed by atoms with Crippen LogP contribution in [0.4, 0.5) is 0 Å². The molecule has 0 saturated carbocycles. The number of unbranched alkanes of at least 4 members (excludes halogenated alkanes) is 1. The van der Waals surface area contributed by atoms with E-state index < -0.39 is 0 Å². The summed E-state index contributed by atoms with van der Waals surface area (Å²) in [6, 6.07) is 28.1. The lowest BCUT2D eigenvalue weighted by molar-refractivity contribution is 0.240. The second-order valence-electron chi connectivity index (χ2n) is 9.01. The van der Waals surface area contributed by atoms with Gasteiger partial charge >= 0.3 is 0 Å². The Hall–Kier alpha value is -3.17. The lowest BCUT2D eigenvalue weighted by Crippen LogP contribution is -2.24. The van der Waals surface area contributed by atoms with Gasteiger partial charge in [-0.25, -0.2) is 4.98 Å². The fourth-order valence-electron chi connectivity index (χ4n) is 4.42. The molecule has 1 aromatic heterocycles. The maximum absolute atomic E-state index is 4.87. The third kappa shape index (κ3) is 6.00. The minimum Gasteiger partial charge on any atom is -0.327 e. The molecule has 0 amide bonds. The van der Waals surface area contributed by atoms with Crippen molar-refractivity contribution in [1.29, 1.82) is 0 Å². The average Bonchev–Trinajstić information content (AvgIpc) is 3.23. The molecule has 170 valence electrons. The van der Waals surface area contributed by atoms with Crippen LogP contribution in [0.25, 0.3) is 11.4 Å². The summed E-state index contributed by atoms with van der Waals surface area (Å²) >= 11 is 0. The molecular formula is C30H35N3. The third-order valence-corrected chi connectivity index (χ3v) is 6.23. The summed E-state index contributed by atoms with van der Waals surface area (Å²) in [5.74, 6) is 1.07. The van der Waals surface area contributed by atoms with E-state index in [0.29, 0.717) is 0 Å². The SMILES string of the molecule is CCCCn1c(CN(Cc2ccccc2)Cc2ccc(C)cc2C)cnc1-c1ccccc1. The molecule has 33 heavy (non-hydrogen) atoms. The first-order valence-corrected chi connectivity index (χ1v) is 12.1. The first-order valence-electron chi connectivity index (χ1n) is 12.1. The number of rotatable bonds is 10. The predicted octanol–water partition coefficient (Wildman–Crippen LogP) is 7.17. The molecule has 0 aliphatic rings. The first kappa shape index (κ1) is 23.0. The molecule has 0 aliphatic heterocycles. The van der Waals surface area contributed by atoms with Crippen molar-refractivity contribution in [2.24, 2.45) is 0 Å². The number of benzene rings is 3. The number of aryl methyl sites for hydroxylation is 2. The maximum Gasteiger partial charge on any atom is 0.140 e. The Morgan fingerprint density at radius 1 is 0.818 bits per heavy atom. The molecule has 0 bridgehead atoms. The monoisotopic (exact) mass is 437 g/mol. The van der Waals surface area contributed by atoms with Crippen molar-refractivity contribution in [1.82, 2.24) is 14.5 Å². The van der Waals surface area contributed by atoms with Gasteiger partial charge in [-0.15, -0.1) is 0 Å². The zero-order chi connectivity index (χ0) is 23.0. The predicted molar refractivity (Wildman–Crippen MR) is 138 cm³/mol. The molecule has 1 heterocycles. The lowest BCUT2D eigenvalue weighted by Gasteiger charge is -2.24. The Morgan fingerprint density at radius 2 is 1.55 bits per heavy atom. The lowest BCUT2D eigenvalue weighted by atomic mass is 10.0. The van der Waals surface area contributed by atoms with Crippen LogP contribution in [0.15, 0.2) is 85.1 Å². The van der Waals surface area contributed by atoms with Gasteiger partial charge in [0.25, 0.3) is 0 Å². The van der Waals surface area contributed by atoms with Crippen LogP contribution in [0.5, 0.6) is 0 Å². The van der Waals surface area contributed by atoms with E-state index in [9.17, 15) is 0 Å². The Kier molecular flexibility index (Phi) is 7.74. The molecule has 0 saturated heterocycles. The summed E-state index contributed by atoms with van der Waals surface area (Å²) in [7, 11) is 0. The molecule has 3 nitrogen and oxygen atoms in total. The molecule has 0 radical (unpaired) electrons. The maximum atomic E-state index is 4.87. The van der Waals surface area contributed by atoms with Crippen molar-refractivity contribution in [2.45, 2.75) is 59.8 Å². The van der Waals surface area contributed by atoms with E-state index in [1.807, 2.05) is 0 Å². The molecule has 0 atom stereocenters. The quantitative estimate of drug-likeness (QED) is 0.262. The molecule has 0 fully saturated rings. The van der Waals surface area contributed by atoms with Gasteiger partial charge in [-0.1, -0.05) is 97.8 Å². The molecule has 3 heteroatoms. The van der Waals surface area contributed by atoms with Crippen LogP contribution in [0.1, 0.15) is 47.7 Å². The van der Waals surface area contributed by atoms with Crippen molar-refractivity contribution >= 4 is 0 Å². The van der Waals surface area contributed by atoms with Gasteiger partial charge in [0.15, 0.2) is 0 Å². The second kappa shape index (κ2) is 11.1. The number of nitrogens with zero attached hydrogens (tertiary/aromatic N) is 3. The highest BCUT2D eigenvalue weighted by atomic mass is 15.2. The van der Waals surface area contributed by atoms with Crippen molar-refractivity contribution in [3.63, 3.8) is 0 Å². The summed E-state index contributed by atoms with van der Waals surface area (Å²) in [6.45, 7) is 10.3. The van der Waals surface area contributed by atoms with E-state index in [2.05, 4.69) is 115 Å². The van der Waals surface area contributed by atoms with Crippen molar-refractivity contribution in [2.75, 3.05) is 0 Å². The van der Waals surface area contributed by atoms with Gasteiger partial charge in [0.1, 0.15) is 5.82 Å². The summed E-state index contributed by atoms with van der Waals surface area (Å²) in [5, 5.41) is 0.